The standard InChI is InChI=1S/C20H25NO4S/c1-2-26(22,23)19-7-3-4-8-20(19)16-13-18-17(24-14-25-18)12-15(16)6-5-10-21(20)11-9-19/h3,7,12-13H,2,4-6,8-11,14H2,1H3/t19-,20-/m1/s1. The maximum atomic E-state index is 13.4. The Morgan fingerprint density at radius 2 is 1.96 bits per heavy atom. The van der Waals surface area contributed by atoms with E-state index in [1.807, 2.05) is 6.08 Å². The first-order valence-corrected chi connectivity index (χ1v) is 11.3. The summed E-state index contributed by atoms with van der Waals surface area (Å²) in [6.07, 6.45) is 8.53. The van der Waals surface area contributed by atoms with Crippen LogP contribution < -0.4 is 9.47 Å². The molecule has 1 saturated heterocycles. The van der Waals surface area contributed by atoms with E-state index < -0.39 is 20.1 Å². The van der Waals surface area contributed by atoms with Crippen LogP contribution in [0.1, 0.15) is 43.7 Å². The Labute approximate surface area is 154 Å². The lowest BCUT2D eigenvalue weighted by Crippen LogP contribution is -2.59. The Hall–Kier alpha value is -1.53. The maximum Gasteiger partial charge on any atom is 0.231 e. The van der Waals surface area contributed by atoms with Crippen LogP contribution in [0.4, 0.5) is 0 Å². The van der Waals surface area contributed by atoms with Crippen molar-refractivity contribution in [2.45, 2.75) is 49.3 Å². The fraction of sp³-hybridized carbons (Fsp3) is 0.600. The summed E-state index contributed by atoms with van der Waals surface area (Å²) in [7, 11) is -3.27. The molecule has 1 aliphatic carbocycles. The van der Waals surface area contributed by atoms with E-state index in [-0.39, 0.29) is 12.5 Å². The molecule has 3 heterocycles. The molecule has 3 aliphatic heterocycles. The van der Waals surface area contributed by atoms with Crippen molar-refractivity contribution in [3.05, 3.63) is 35.4 Å². The molecule has 4 aliphatic rings. The van der Waals surface area contributed by atoms with Gasteiger partial charge < -0.3 is 9.47 Å². The number of hydrogen-bond acceptors (Lipinski definition) is 5. The molecule has 0 saturated carbocycles. The maximum absolute atomic E-state index is 13.4. The van der Waals surface area contributed by atoms with Crippen LogP contribution in [-0.2, 0) is 21.8 Å². The number of aryl methyl sites for hydroxylation is 1. The van der Waals surface area contributed by atoms with Gasteiger partial charge in [0, 0.05) is 12.3 Å². The van der Waals surface area contributed by atoms with E-state index >= 15 is 0 Å². The number of benzene rings is 1. The third-order valence-electron chi connectivity index (χ3n) is 6.91. The monoisotopic (exact) mass is 375 g/mol. The highest BCUT2D eigenvalue weighted by molar-refractivity contribution is 7.93. The van der Waals surface area contributed by atoms with Crippen LogP contribution in [0.25, 0.3) is 0 Å². The van der Waals surface area contributed by atoms with E-state index in [2.05, 4.69) is 23.1 Å². The normalized spacial score (nSPS) is 32.7. The zero-order chi connectivity index (χ0) is 18.0. The van der Waals surface area contributed by atoms with Gasteiger partial charge in [-0.25, -0.2) is 8.42 Å². The Balaban J connectivity index is 1.83. The van der Waals surface area contributed by atoms with E-state index in [0.717, 1.165) is 55.8 Å². The highest BCUT2D eigenvalue weighted by atomic mass is 32.2. The first-order chi connectivity index (χ1) is 12.5. The molecule has 140 valence electrons. The Morgan fingerprint density at radius 3 is 2.77 bits per heavy atom. The average molecular weight is 375 g/mol. The number of allylic oxidation sites excluding steroid dienone is 1. The lowest BCUT2D eigenvalue weighted by atomic mass is 9.70. The summed E-state index contributed by atoms with van der Waals surface area (Å²) in [6, 6.07) is 4.18. The van der Waals surface area contributed by atoms with Gasteiger partial charge in [-0.1, -0.05) is 19.1 Å². The van der Waals surface area contributed by atoms with Gasteiger partial charge in [0.1, 0.15) is 4.75 Å². The van der Waals surface area contributed by atoms with Gasteiger partial charge in [-0.15, -0.1) is 0 Å². The molecular formula is C20H25NO4S. The molecule has 5 nitrogen and oxygen atoms in total. The lowest BCUT2D eigenvalue weighted by molar-refractivity contribution is 0.111. The third kappa shape index (κ3) is 1.87. The molecule has 0 unspecified atom stereocenters. The van der Waals surface area contributed by atoms with Crippen molar-refractivity contribution in [3.8, 4) is 11.5 Å². The molecular weight excluding hydrogens is 350 g/mol. The summed E-state index contributed by atoms with van der Waals surface area (Å²) in [5, 5.41) is 0. The van der Waals surface area contributed by atoms with Gasteiger partial charge in [0.05, 0.1) is 5.54 Å². The van der Waals surface area contributed by atoms with Crippen molar-refractivity contribution in [3.63, 3.8) is 0 Å². The van der Waals surface area contributed by atoms with Gasteiger partial charge in [-0.3, -0.25) is 4.90 Å². The molecule has 0 aromatic heterocycles. The van der Waals surface area contributed by atoms with Crippen LogP contribution >= 0.6 is 0 Å². The molecule has 0 radical (unpaired) electrons. The SMILES string of the molecule is CCS(=O)(=O)[C@@]12C=CCC[C@@]13c1cc4c(cc1CCCN3CC2)OCO4. The zero-order valence-corrected chi connectivity index (χ0v) is 16.0. The minimum atomic E-state index is -3.27. The van der Waals surface area contributed by atoms with Gasteiger partial charge in [-0.05, 0) is 61.9 Å². The summed E-state index contributed by atoms with van der Waals surface area (Å²) in [5.41, 5.74) is 1.89. The second-order valence-electron chi connectivity index (χ2n) is 7.80. The summed E-state index contributed by atoms with van der Waals surface area (Å²) in [6.45, 7) is 3.79. The largest absolute Gasteiger partial charge is 0.454 e. The Morgan fingerprint density at radius 1 is 1.15 bits per heavy atom. The molecule has 1 fully saturated rings. The summed E-state index contributed by atoms with van der Waals surface area (Å²) in [5.74, 6) is 1.72. The van der Waals surface area contributed by atoms with Gasteiger partial charge in [-0.2, -0.15) is 0 Å². The second-order valence-corrected chi connectivity index (χ2v) is 10.3. The minimum absolute atomic E-state index is 0.173. The second kappa shape index (κ2) is 5.49. The number of fused-ring (bicyclic) bond motifs is 2. The predicted molar refractivity (Wildman–Crippen MR) is 99.3 cm³/mol. The number of hydrogen-bond donors (Lipinski definition) is 0. The average Bonchev–Trinajstić information content (AvgIpc) is 3.21. The lowest BCUT2D eigenvalue weighted by Gasteiger charge is -2.50. The quantitative estimate of drug-likeness (QED) is 0.744. The van der Waals surface area contributed by atoms with Crippen LogP contribution in [0.15, 0.2) is 24.3 Å². The molecule has 1 spiro atoms. The van der Waals surface area contributed by atoms with Crippen molar-refractivity contribution in [1.82, 2.24) is 4.90 Å². The molecule has 26 heavy (non-hydrogen) atoms. The number of rotatable bonds is 2. The van der Waals surface area contributed by atoms with Crippen LogP contribution in [0.5, 0.6) is 11.5 Å². The highest BCUT2D eigenvalue weighted by Gasteiger charge is 2.66. The predicted octanol–water partition coefficient (Wildman–Crippen LogP) is 2.79. The van der Waals surface area contributed by atoms with Crippen LogP contribution in [-0.4, -0.2) is 43.7 Å². The van der Waals surface area contributed by atoms with E-state index in [1.54, 1.807) is 6.92 Å². The van der Waals surface area contributed by atoms with Gasteiger partial charge in [0.15, 0.2) is 21.3 Å². The smallest absolute Gasteiger partial charge is 0.231 e. The fourth-order valence-electron chi connectivity index (χ4n) is 5.77. The van der Waals surface area contributed by atoms with Gasteiger partial charge >= 0.3 is 0 Å². The summed E-state index contributed by atoms with van der Waals surface area (Å²) < 4.78 is 37.3. The Kier molecular flexibility index (Phi) is 3.51. The minimum Gasteiger partial charge on any atom is -0.454 e. The molecule has 1 aromatic carbocycles. The van der Waals surface area contributed by atoms with E-state index in [0.29, 0.717) is 6.42 Å². The number of sulfone groups is 1. The summed E-state index contributed by atoms with van der Waals surface area (Å²) >= 11 is 0. The van der Waals surface area contributed by atoms with Crippen molar-refractivity contribution in [2.24, 2.45) is 0 Å². The van der Waals surface area contributed by atoms with E-state index in [1.165, 1.54) is 5.56 Å². The van der Waals surface area contributed by atoms with Crippen LogP contribution in [0.3, 0.4) is 0 Å². The molecule has 2 atom stereocenters. The Bertz CT molecular complexity index is 893. The van der Waals surface area contributed by atoms with Crippen molar-refractivity contribution < 1.29 is 17.9 Å². The van der Waals surface area contributed by atoms with Crippen molar-refractivity contribution in [1.29, 1.82) is 0 Å². The highest BCUT2D eigenvalue weighted by Crippen LogP contribution is 2.59. The molecule has 5 rings (SSSR count). The van der Waals surface area contributed by atoms with Crippen LogP contribution in [0, 0.1) is 0 Å². The van der Waals surface area contributed by atoms with Gasteiger partial charge in [0.2, 0.25) is 6.79 Å². The third-order valence-corrected chi connectivity index (χ3v) is 9.45. The molecule has 0 amide bonds. The van der Waals surface area contributed by atoms with Crippen molar-refractivity contribution >= 4 is 9.84 Å². The zero-order valence-electron chi connectivity index (χ0n) is 15.2. The summed E-state index contributed by atoms with van der Waals surface area (Å²) in [4.78, 5) is 2.46. The number of nitrogens with zero attached hydrogens (tertiary/aromatic N) is 1. The topological polar surface area (TPSA) is 55.8 Å². The fourth-order valence-corrected chi connectivity index (χ4v) is 7.85. The van der Waals surface area contributed by atoms with Gasteiger partial charge in [0.25, 0.3) is 0 Å². The van der Waals surface area contributed by atoms with Crippen LogP contribution in [0.2, 0.25) is 0 Å². The van der Waals surface area contributed by atoms with E-state index in [9.17, 15) is 8.42 Å². The molecule has 0 bridgehead atoms. The molecule has 0 N–H and O–H groups in total. The molecule has 6 heteroatoms. The first kappa shape index (κ1) is 16.6. The first-order valence-electron chi connectivity index (χ1n) is 9.62. The number of ether oxygens (including phenoxy) is 2. The molecule has 1 aromatic rings. The van der Waals surface area contributed by atoms with Crippen molar-refractivity contribution in [2.75, 3.05) is 25.6 Å². The van der Waals surface area contributed by atoms with E-state index in [4.69, 9.17) is 9.47 Å².